The Labute approximate surface area is 125 Å². The molecule has 1 aliphatic carbocycles. The van der Waals surface area contributed by atoms with E-state index in [4.69, 9.17) is 0 Å². The van der Waals surface area contributed by atoms with Crippen LogP contribution < -0.4 is 0 Å². The van der Waals surface area contributed by atoms with Gasteiger partial charge in [0.2, 0.25) is 10.0 Å². The van der Waals surface area contributed by atoms with Crippen molar-refractivity contribution in [2.45, 2.75) is 43.7 Å². The molecule has 1 fully saturated rings. The number of hydrogen-bond acceptors (Lipinski definition) is 3. The number of nitrogens with one attached hydrogen (secondary N) is 1. The summed E-state index contributed by atoms with van der Waals surface area (Å²) in [5, 5.41) is 6.32. The van der Waals surface area contributed by atoms with Crippen LogP contribution in [0.2, 0.25) is 0 Å². The van der Waals surface area contributed by atoms with Crippen molar-refractivity contribution >= 4 is 10.0 Å². The molecule has 1 aromatic heterocycles. The Kier molecular flexibility index (Phi) is 3.82. The lowest BCUT2D eigenvalue weighted by Gasteiger charge is -2.21. The van der Waals surface area contributed by atoms with Crippen molar-refractivity contribution < 1.29 is 8.42 Å². The largest absolute Gasteiger partial charge is 0.284 e. The average molecular weight is 305 g/mol. The van der Waals surface area contributed by atoms with Gasteiger partial charge < -0.3 is 0 Å². The van der Waals surface area contributed by atoms with Crippen LogP contribution in [0.15, 0.2) is 41.6 Å². The molecule has 1 saturated carbocycles. The molecular formula is C15H19N3O2S. The second kappa shape index (κ2) is 5.61. The Morgan fingerprint density at radius 2 is 1.90 bits per heavy atom. The molecule has 0 saturated heterocycles. The van der Waals surface area contributed by atoms with Crippen molar-refractivity contribution in [3.63, 3.8) is 0 Å². The maximum atomic E-state index is 12.7. The Morgan fingerprint density at radius 1 is 1.24 bits per heavy atom. The summed E-state index contributed by atoms with van der Waals surface area (Å²) in [5.74, 6) is 0. The molecule has 0 radical (unpaired) electrons. The van der Waals surface area contributed by atoms with Crippen molar-refractivity contribution in [1.82, 2.24) is 14.5 Å². The molecule has 5 nitrogen and oxygen atoms in total. The highest BCUT2D eigenvalue weighted by Gasteiger charge is 2.38. The lowest BCUT2D eigenvalue weighted by Crippen LogP contribution is -2.32. The fourth-order valence-corrected chi connectivity index (χ4v) is 3.93. The van der Waals surface area contributed by atoms with Crippen LogP contribution in [-0.2, 0) is 23.0 Å². The average Bonchev–Trinajstić information content (AvgIpc) is 3.16. The van der Waals surface area contributed by atoms with E-state index in [-0.39, 0.29) is 10.9 Å². The van der Waals surface area contributed by atoms with Crippen LogP contribution in [0.4, 0.5) is 0 Å². The second-order valence-electron chi connectivity index (χ2n) is 5.39. The predicted molar refractivity (Wildman–Crippen MR) is 80.2 cm³/mol. The zero-order valence-corrected chi connectivity index (χ0v) is 12.8. The number of aromatic nitrogens is 2. The number of aryl methyl sites for hydroxylation is 1. The van der Waals surface area contributed by atoms with E-state index in [0.717, 1.165) is 24.8 Å². The molecule has 3 rings (SSSR count). The Balaban J connectivity index is 1.85. The van der Waals surface area contributed by atoms with Gasteiger partial charge in [0.1, 0.15) is 4.90 Å². The van der Waals surface area contributed by atoms with Gasteiger partial charge in [-0.15, -0.1) is 0 Å². The van der Waals surface area contributed by atoms with E-state index >= 15 is 0 Å². The van der Waals surface area contributed by atoms with Gasteiger partial charge >= 0.3 is 0 Å². The molecule has 0 spiro atoms. The number of H-pyrrole nitrogens is 1. The van der Waals surface area contributed by atoms with Gasteiger partial charge in [0.25, 0.3) is 0 Å². The highest BCUT2D eigenvalue weighted by Crippen LogP contribution is 2.33. The third-order valence-corrected chi connectivity index (χ3v) is 5.67. The van der Waals surface area contributed by atoms with Gasteiger partial charge in [0.05, 0.1) is 6.20 Å². The van der Waals surface area contributed by atoms with Crippen molar-refractivity contribution in [3.8, 4) is 0 Å². The first kappa shape index (κ1) is 14.3. The SMILES string of the molecule is CCc1ccc(CN(C2CC2)S(=O)(=O)c2cn[nH]c2)cc1. The smallest absolute Gasteiger partial charge is 0.246 e. The standard InChI is InChI=1S/C15H19N3O2S/c1-2-12-3-5-13(6-4-12)11-18(14-7-8-14)21(19,20)15-9-16-17-10-15/h3-6,9-10,14H,2,7-8,11H2,1H3,(H,16,17). The third-order valence-electron chi connectivity index (χ3n) is 3.80. The Morgan fingerprint density at radius 3 is 2.43 bits per heavy atom. The zero-order chi connectivity index (χ0) is 14.9. The molecule has 112 valence electrons. The molecule has 21 heavy (non-hydrogen) atoms. The topological polar surface area (TPSA) is 66.1 Å². The molecule has 1 aromatic carbocycles. The molecular weight excluding hydrogens is 286 g/mol. The van der Waals surface area contributed by atoms with Gasteiger partial charge in [-0.1, -0.05) is 31.2 Å². The van der Waals surface area contributed by atoms with Gasteiger partial charge in [0.15, 0.2) is 0 Å². The minimum absolute atomic E-state index is 0.121. The molecule has 2 aromatic rings. The highest BCUT2D eigenvalue weighted by atomic mass is 32.2. The normalized spacial score (nSPS) is 15.5. The van der Waals surface area contributed by atoms with Crippen LogP contribution in [0.5, 0.6) is 0 Å². The van der Waals surface area contributed by atoms with Gasteiger partial charge in [-0.2, -0.15) is 9.40 Å². The summed E-state index contributed by atoms with van der Waals surface area (Å²) in [6.45, 7) is 2.52. The first-order chi connectivity index (χ1) is 10.1. The van der Waals surface area contributed by atoms with Crippen molar-refractivity contribution in [2.24, 2.45) is 0 Å². The van der Waals surface area contributed by atoms with Crippen LogP contribution in [0.3, 0.4) is 0 Å². The molecule has 1 heterocycles. The molecule has 1 aliphatic rings. The van der Waals surface area contributed by atoms with Gasteiger partial charge in [-0.05, 0) is 30.4 Å². The van der Waals surface area contributed by atoms with E-state index in [9.17, 15) is 8.42 Å². The van der Waals surface area contributed by atoms with Gasteiger partial charge in [-0.25, -0.2) is 8.42 Å². The van der Waals surface area contributed by atoms with E-state index in [1.807, 2.05) is 12.1 Å². The van der Waals surface area contributed by atoms with Crippen LogP contribution in [0, 0.1) is 0 Å². The number of sulfonamides is 1. The fourth-order valence-electron chi connectivity index (χ4n) is 2.35. The van der Waals surface area contributed by atoms with Crippen LogP contribution >= 0.6 is 0 Å². The molecule has 6 heteroatoms. The molecule has 0 amide bonds. The van der Waals surface area contributed by atoms with E-state index < -0.39 is 10.0 Å². The number of hydrogen-bond donors (Lipinski definition) is 1. The minimum atomic E-state index is -3.47. The summed E-state index contributed by atoms with van der Waals surface area (Å²) < 4.78 is 26.9. The van der Waals surface area contributed by atoms with Crippen LogP contribution in [0.25, 0.3) is 0 Å². The van der Waals surface area contributed by atoms with Crippen LogP contribution in [-0.4, -0.2) is 29.0 Å². The third kappa shape index (κ3) is 3.01. The molecule has 0 atom stereocenters. The number of benzene rings is 1. The van der Waals surface area contributed by atoms with E-state index in [0.29, 0.717) is 6.54 Å². The van der Waals surface area contributed by atoms with E-state index in [2.05, 4.69) is 29.3 Å². The Bertz CT molecular complexity index is 689. The number of aromatic amines is 1. The monoisotopic (exact) mass is 305 g/mol. The minimum Gasteiger partial charge on any atom is -0.284 e. The maximum Gasteiger partial charge on any atom is 0.246 e. The molecule has 0 unspecified atom stereocenters. The van der Waals surface area contributed by atoms with Crippen molar-refractivity contribution in [2.75, 3.05) is 0 Å². The Hall–Kier alpha value is -1.66. The summed E-state index contributed by atoms with van der Waals surface area (Å²) in [5.41, 5.74) is 2.28. The fraction of sp³-hybridized carbons (Fsp3) is 0.400. The quantitative estimate of drug-likeness (QED) is 0.890. The van der Waals surface area contributed by atoms with E-state index in [1.165, 1.54) is 18.0 Å². The number of rotatable bonds is 6. The molecule has 0 bridgehead atoms. The highest BCUT2D eigenvalue weighted by molar-refractivity contribution is 7.89. The van der Waals surface area contributed by atoms with E-state index in [1.54, 1.807) is 4.31 Å². The summed E-state index contributed by atoms with van der Waals surface area (Å²) in [4.78, 5) is 0.236. The summed E-state index contributed by atoms with van der Waals surface area (Å²) >= 11 is 0. The van der Waals surface area contributed by atoms with Gasteiger partial charge in [-0.3, -0.25) is 5.10 Å². The summed E-state index contributed by atoms with van der Waals surface area (Å²) in [7, 11) is -3.47. The lowest BCUT2D eigenvalue weighted by molar-refractivity contribution is 0.398. The predicted octanol–water partition coefficient (Wildman–Crippen LogP) is 2.33. The number of nitrogens with zero attached hydrogens (tertiary/aromatic N) is 2. The molecule has 0 aliphatic heterocycles. The lowest BCUT2D eigenvalue weighted by atomic mass is 10.1. The first-order valence-corrected chi connectivity index (χ1v) is 8.63. The summed E-state index contributed by atoms with van der Waals surface area (Å²) in [6.07, 6.45) is 5.66. The summed E-state index contributed by atoms with van der Waals surface area (Å²) in [6, 6.07) is 8.27. The van der Waals surface area contributed by atoms with Crippen molar-refractivity contribution in [1.29, 1.82) is 0 Å². The first-order valence-electron chi connectivity index (χ1n) is 7.19. The van der Waals surface area contributed by atoms with Gasteiger partial charge in [0, 0.05) is 18.8 Å². The second-order valence-corrected chi connectivity index (χ2v) is 7.28. The van der Waals surface area contributed by atoms with Crippen LogP contribution in [0.1, 0.15) is 30.9 Å². The maximum absolute atomic E-state index is 12.7. The zero-order valence-electron chi connectivity index (χ0n) is 12.0. The molecule has 1 N–H and O–H groups in total. The van der Waals surface area contributed by atoms with Crippen molar-refractivity contribution in [3.05, 3.63) is 47.8 Å².